The van der Waals surface area contributed by atoms with Crippen molar-refractivity contribution in [2.24, 2.45) is 0 Å². The molecule has 175 valence electrons. The zero-order valence-corrected chi connectivity index (χ0v) is 19.3. The van der Waals surface area contributed by atoms with Crippen LogP contribution in [0.2, 0.25) is 0 Å². The molecule has 0 atom stereocenters. The van der Waals surface area contributed by atoms with E-state index < -0.39 is 34.5 Å². The number of rotatable bonds is 3. The number of nitrogens with one attached hydrogen (secondary N) is 2. The number of halogens is 4. The van der Waals surface area contributed by atoms with Crippen molar-refractivity contribution in [2.45, 2.75) is 36.9 Å². The molecule has 0 unspecified atom stereocenters. The minimum absolute atomic E-state index is 0. The fourth-order valence-corrected chi connectivity index (χ4v) is 4.21. The average molecular weight is 491 g/mol. The third-order valence-electron chi connectivity index (χ3n) is 6.02. The van der Waals surface area contributed by atoms with E-state index in [1.165, 1.54) is 24.3 Å². The van der Waals surface area contributed by atoms with Crippen LogP contribution in [0.5, 0.6) is 0 Å². The molecule has 0 bridgehead atoms. The van der Waals surface area contributed by atoms with E-state index in [2.05, 4.69) is 10.6 Å². The monoisotopic (exact) mass is 491 g/mol. The topological polar surface area (TPSA) is 53.5 Å². The summed E-state index contributed by atoms with van der Waals surface area (Å²) in [7, 11) is 1.59. The Hall–Kier alpha value is -1.42. The summed E-state index contributed by atoms with van der Waals surface area (Å²) in [4.78, 5) is 0. The molecule has 32 heavy (non-hydrogen) atoms. The van der Waals surface area contributed by atoms with Gasteiger partial charge in [0.1, 0.15) is 23.3 Å². The van der Waals surface area contributed by atoms with E-state index in [0.29, 0.717) is 37.1 Å². The normalized spacial score (nSPS) is 19.3. The standard InChI is InChI=1S/C12H15F2NO.C11H13F2NO.V/c1-16-12(2-4-15-5-3-12)9-6-10(13)8-11(14)7-9;12-9-5-8(6-10(13)7-9)11(15)1-3-14-4-2-11;/h6-8,15H,2-5H2,1H3;5-7,14-15H,1-4H2;. The Morgan fingerprint density at radius 3 is 1.47 bits per heavy atom. The molecule has 3 N–H and O–H groups in total. The zero-order valence-electron chi connectivity index (χ0n) is 17.9. The molecule has 0 saturated carbocycles. The molecular formula is C23H28F4N2O2V. The van der Waals surface area contributed by atoms with E-state index in [-0.39, 0.29) is 18.6 Å². The molecule has 0 spiro atoms. The molecule has 2 heterocycles. The Labute approximate surface area is 197 Å². The molecule has 0 aliphatic carbocycles. The maximum Gasteiger partial charge on any atom is 0.126 e. The largest absolute Gasteiger partial charge is 0.385 e. The fourth-order valence-electron chi connectivity index (χ4n) is 4.21. The maximum atomic E-state index is 13.2. The number of hydrogen-bond donors (Lipinski definition) is 3. The average Bonchev–Trinajstić information content (AvgIpc) is 2.74. The van der Waals surface area contributed by atoms with E-state index in [1.54, 1.807) is 7.11 Å². The summed E-state index contributed by atoms with van der Waals surface area (Å²) in [6.45, 7) is 2.92. The summed E-state index contributed by atoms with van der Waals surface area (Å²) < 4.78 is 57.8. The summed E-state index contributed by atoms with van der Waals surface area (Å²) in [5.41, 5.74) is -0.710. The number of aliphatic hydroxyl groups is 1. The number of methoxy groups -OCH3 is 1. The van der Waals surface area contributed by atoms with E-state index in [4.69, 9.17) is 4.74 Å². The molecular weight excluding hydrogens is 463 g/mol. The van der Waals surface area contributed by atoms with Crippen molar-refractivity contribution in [1.29, 1.82) is 0 Å². The molecule has 2 fully saturated rings. The van der Waals surface area contributed by atoms with E-state index in [9.17, 15) is 22.7 Å². The van der Waals surface area contributed by atoms with Crippen LogP contribution in [0.3, 0.4) is 0 Å². The Morgan fingerprint density at radius 1 is 0.688 bits per heavy atom. The van der Waals surface area contributed by atoms with Gasteiger partial charge in [-0.2, -0.15) is 0 Å². The van der Waals surface area contributed by atoms with Gasteiger partial charge in [0.05, 0.1) is 11.2 Å². The molecule has 2 aromatic carbocycles. The number of ether oxygens (including phenoxy) is 1. The van der Waals surface area contributed by atoms with Crippen LogP contribution < -0.4 is 10.6 Å². The van der Waals surface area contributed by atoms with Crippen LogP contribution in [0.4, 0.5) is 17.6 Å². The summed E-state index contributed by atoms with van der Waals surface area (Å²) in [6.07, 6.45) is 2.42. The van der Waals surface area contributed by atoms with Crippen LogP contribution in [0.1, 0.15) is 36.8 Å². The van der Waals surface area contributed by atoms with Crippen LogP contribution in [0.15, 0.2) is 36.4 Å². The van der Waals surface area contributed by atoms with Gasteiger partial charge in [-0.05, 0) is 87.3 Å². The van der Waals surface area contributed by atoms with Gasteiger partial charge in [0.2, 0.25) is 0 Å². The zero-order chi connectivity index (χ0) is 22.5. The first-order valence-electron chi connectivity index (χ1n) is 10.4. The number of piperidine rings is 2. The minimum Gasteiger partial charge on any atom is -0.385 e. The third kappa shape index (κ3) is 6.56. The van der Waals surface area contributed by atoms with Crippen LogP contribution in [0, 0.1) is 23.3 Å². The van der Waals surface area contributed by atoms with Crippen LogP contribution in [-0.4, -0.2) is 38.4 Å². The second-order valence-corrected chi connectivity index (χ2v) is 8.05. The van der Waals surface area contributed by atoms with Crippen molar-refractivity contribution in [2.75, 3.05) is 33.3 Å². The van der Waals surface area contributed by atoms with Crippen LogP contribution in [-0.2, 0) is 34.5 Å². The molecule has 2 aliphatic heterocycles. The first-order valence-corrected chi connectivity index (χ1v) is 10.4. The second-order valence-electron chi connectivity index (χ2n) is 8.05. The van der Waals surface area contributed by atoms with Gasteiger partial charge in [-0.15, -0.1) is 0 Å². The molecule has 4 rings (SSSR count). The molecule has 4 nitrogen and oxygen atoms in total. The molecule has 2 aromatic rings. The first-order chi connectivity index (χ1) is 14.8. The van der Waals surface area contributed by atoms with Crippen molar-refractivity contribution < 1.29 is 46.0 Å². The Bertz CT molecular complexity index is 848. The quantitative estimate of drug-likeness (QED) is 0.573. The summed E-state index contributed by atoms with van der Waals surface area (Å²) >= 11 is 0. The molecule has 0 aromatic heterocycles. The van der Waals surface area contributed by atoms with Gasteiger partial charge in [-0.1, -0.05) is 0 Å². The van der Waals surface area contributed by atoms with Crippen LogP contribution >= 0.6 is 0 Å². The van der Waals surface area contributed by atoms with Gasteiger partial charge >= 0.3 is 0 Å². The van der Waals surface area contributed by atoms with Gasteiger partial charge < -0.3 is 20.5 Å². The van der Waals surface area contributed by atoms with Gasteiger partial charge in [-0.3, -0.25) is 0 Å². The van der Waals surface area contributed by atoms with E-state index >= 15 is 0 Å². The van der Waals surface area contributed by atoms with Crippen molar-refractivity contribution >= 4 is 0 Å². The van der Waals surface area contributed by atoms with Gasteiger partial charge in [0.25, 0.3) is 0 Å². The third-order valence-corrected chi connectivity index (χ3v) is 6.02. The maximum absolute atomic E-state index is 13.2. The second kappa shape index (κ2) is 11.6. The predicted octanol–water partition coefficient (Wildman–Crippen LogP) is 3.72. The smallest absolute Gasteiger partial charge is 0.126 e. The molecule has 2 saturated heterocycles. The SMILES string of the molecule is COC1(c2cc(F)cc(F)c2)CCNCC1.OC1(c2cc(F)cc(F)c2)CCNCC1.[V]. The van der Waals surface area contributed by atoms with Crippen LogP contribution in [0.25, 0.3) is 0 Å². The molecule has 1 radical (unpaired) electrons. The Morgan fingerprint density at radius 2 is 1.06 bits per heavy atom. The predicted molar refractivity (Wildman–Crippen MR) is 110 cm³/mol. The Balaban J connectivity index is 0.000000220. The first kappa shape index (κ1) is 26.8. The number of hydrogen-bond acceptors (Lipinski definition) is 4. The molecule has 0 amide bonds. The van der Waals surface area contributed by atoms with Gasteiger partial charge in [-0.25, -0.2) is 17.6 Å². The van der Waals surface area contributed by atoms with Crippen molar-refractivity contribution in [3.8, 4) is 0 Å². The summed E-state index contributed by atoms with van der Waals surface area (Å²) in [5.74, 6) is -2.39. The van der Waals surface area contributed by atoms with Gasteiger partial charge in [0.15, 0.2) is 0 Å². The van der Waals surface area contributed by atoms with Gasteiger partial charge in [0, 0.05) is 37.8 Å². The van der Waals surface area contributed by atoms with E-state index in [1.807, 2.05) is 0 Å². The number of benzene rings is 2. The van der Waals surface area contributed by atoms with Crippen molar-refractivity contribution in [1.82, 2.24) is 10.6 Å². The summed E-state index contributed by atoms with van der Waals surface area (Å²) in [5, 5.41) is 16.5. The van der Waals surface area contributed by atoms with Crippen molar-refractivity contribution in [3.05, 3.63) is 70.8 Å². The van der Waals surface area contributed by atoms with Crippen molar-refractivity contribution in [3.63, 3.8) is 0 Å². The molecule has 2 aliphatic rings. The fraction of sp³-hybridized carbons (Fsp3) is 0.478. The van der Waals surface area contributed by atoms with E-state index in [0.717, 1.165) is 38.1 Å². The minimum atomic E-state index is -1.09. The Kier molecular flexibility index (Phi) is 9.75. The molecule has 9 heteroatoms. The summed E-state index contributed by atoms with van der Waals surface area (Å²) in [6, 6.07) is 6.82.